The minimum Gasteiger partial charge on any atom is -0.478 e. The normalized spacial score (nSPS) is 15.5. The van der Waals surface area contributed by atoms with Crippen LogP contribution in [0.4, 0.5) is 0 Å². The van der Waals surface area contributed by atoms with Crippen LogP contribution >= 0.6 is 0 Å². The maximum atomic E-state index is 12.1. The molecule has 0 radical (unpaired) electrons. The molecule has 0 bridgehead atoms. The molecule has 1 amide bonds. The van der Waals surface area contributed by atoms with Gasteiger partial charge >= 0.3 is 0 Å². The second-order valence-corrected chi connectivity index (χ2v) is 4.57. The Labute approximate surface area is 96.0 Å². The first kappa shape index (κ1) is 11.0. The SMILES string of the molecule is CC(C)(Oc1ccccc1)C(=O)N1CCC1. The van der Waals surface area contributed by atoms with Crippen molar-refractivity contribution in [3.8, 4) is 5.75 Å². The van der Waals surface area contributed by atoms with E-state index in [0.717, 1.165) is 25.3 Å². The summed E-state index contributed by atoms with van der Waals surface area (Å²) >= 11 is 0. The third-order valence-corrected chi connectivity index (χ3v) is 2.77. The molecule has 1 heterocycles. The van der Waals surface area contributed by atoms with E-state index < -0.39 is 5.60 Å². The van der Waals surface area contributed by atoms with E-state index >= 15 is 0 Å². The highest BCUT2D eigenvalue weighted by Gasteiger charge is 2.36. The van der Waals surface area contributed by atoms with Crippen LogP contribution in [0.25, 0.3) is 0 Å². The van der Waals surface area contributed by atoms with Gasteiger partial charge < -0.3 is 9.64 Å². The van der Waals surface area contributed by atoms with Gasteiger partial charge in [-0.3, -0.25) is 4.79 Å². The van der Waals surface area contributed by atoms with Crippen LogP contribution in [0.15, 0.2) is 30.3 Å². The number of hydrogen-bond acceptors (Lipinski definition) is 2. The maximum absolute atomic E-state index is 12.1. The molecule has 2 rings (SSSR count). The first-order valence-corrected chi connectivity index (χ1v) is 5.63. The van der Waals surface area contributed by atoms with Crippen LogP contribution in [0.3, 0.4) is 0 Å². The molecule has 1 aromatic carbocycles. The molecule has 0 saturated carbocycles. The van der Waals surface area contributed by atoms with Gasteiger partial charge in [0.15, 0.2) is 5.60 Å². The Morgan fingerprint density at radius 1 is 1.25 bits per heavy atom. The quantitative estimate of drug-likeness (QED) is 0.779. The van der Waals surface area contributed by atoms with Crippen LogP contribution in [-0.4, -0.2) is 29.5 Å². The smallest absolute Gasteiger partial charge is 0.266 e. The second-order valence-electron chi connectivity index (χ2n) is 4.57. The fraction of sp³-hybridized carbons (Fsp3) is 0.462. The highest BCUT2D eigenvalue weighted by Crippen LogP contribution is 2.21. The predicted octanol–water partition coefficient (Wildman–Crippen LogP) is 2.08. The number of amides is 1. The van der Waals surface area contributed by atoms with Gasteiger partial charge in [0.1, 0.15) is 5.75 Å². The van der Waals surface area contributed by atoms with Crippen molar-refractivity contribution in [2.45, 2.75) is 25.9 Å². The number of benzene rings is 1. The summed E-state index contributed by atoms with van der Waals surface area (Å²) < 4.78 is 5.73. The number of carbonyl (C=O) groups excluding carboxylic acids is 1. The van der Waals surface area contributed by atoms with Gasteiger partial charge in [0.05, 0.1) is 0 Å². The monoisotopic (exact) mass is 219 g/mol. The molecule has 3 nitrogen and oxygen atoms in total. The van der Waals surface area contributed by atoms with Crippen molar-refractivity contribution >= 4 is 5.91 Å². The number of hydrogen-bond donors (Lipinski definition) is 0. The molecule has 86 valence electrons. The van der Waals surface area contributed by atoms with Gasteiger partial charge in [0.25, 0.3) is 5.91 Å². The number of rotatable bonds is 3. The van der Waals surface area contributed by atoms with Crippen LogP contribution in [0.5, 0.6) is 5.75 Å². The molecule has 16 heavy (non-hydrogen) atoms. The van der Waals surface area contributed by atoms with E-state index in [9.17, 15) is 4.79 Å². The van der Waals surface area contributed by atoms with Gasteiger partial charge in [-0.1, -0.05) is 18.2 Å². The molecule has 0 aromatic heterocycles. The van der Waals surface area contributed by atoms with E-state index in [1.165, 1.54) is 0 Å². The van der Waals surface area contributed by atoms with Gasteiger partial charge in [-0.25, -0.2) is 0 Å². The Balaban J connectivity index is 2.04. The minimum atomic E-state index is -0.776. The first-order valence-electron chi connectivity index (χ1n) is 5.63. The molecule has 0 N–H and O–H groups in total. The van der Waals surface area contributed by atoms with Crippen molar-refractivity contribution in [1.82, 2.24) is 4.90 Å². The predicted molar refractivity (Wildman–Crippen MR) is 62.3 cm³/mol. The molecule has 1 aromatic rings. The first-order chi connectivity index (χ1) is 7.59. The van der Waals surface area contributed by atoms with E-state index in [4.69, 9.17) is 4.74 Å². The van der Waals surface area contributed by atoms with Gasteiger partial charge in [0.2, 0.25) is 0 Å². The van der Waals surface area contributed by atoms with Crippen LogP contribution < -0.4 is 4.74 Å². The van der Waals surface area contributed by atoms with Gasteiger partial charge in [-0.2, -0.15) is 0 Å². The Bertz CT molecular complexity index is 369. The summed E-state index contributed by atoms with van der Waals surface area (Å²) in [5, 5.41) is 0. The van der Waals surface area contributed by atoms with Crippen LogP contribution in [0, 0.1) is 0 Å². The van der Waals surface area contributed by atoms with E-state index in [0.29, 0.717) is 0 Å². The standard InChI is InChI=1S/C13H17NO2/c1-13(2,12(15)14-9-6-10-14)16-11-7-4-3-5-8-11/h3-5,7-8H,6,9-10H2,1-2H3. The third-order valence-electron chi connectivity index (χ3n) is 2.77. The highest BCUT2D eigenvalue weighted by atomic mass is 16.5. The topological polar surface area (TPSA) is 29.5 Å². The third kappa shape index (κ3) is 2.18. The van der Waals surface area contributed by atoms with E-state index in [1.54, 1.807) is 0 Å². The lowest BCUT2D eigenvalue weighted by Crippen LogP contribution is -2.53. The van der Waals surface area contributed by atoms with Crippen molar-refractivity contribution in [2.24, 2.45) is 0 Å². The average Bonchev–Trinajstić information content (AvgIpc) is 2.15. The molecule has 0 unspecified atom stereocenters. The second kappa shape index (κ2) is 4.16. The summed E-state index contributed by atoms with van der Waals surface area (Å²) in [4.78, 5) is 13.9. The lowest BCUT2D eigenvalue weighted by Gasteiger charge is -2.37. The molecule has 1 aliphatic rings. The van der Waals surface area contributed by atoms with Crippen LogP contribution in [0.2, 0.25) is 0 Å². The Kier molecular flexibility index (Phi) is 2.86. The summed E-state index contributed by atoms with van der Waals surface area (Å²) in [6.45, 7) is 5.36. The number of likely N-dealkylation sites (tertiary alicyclic amines) is 1. The van der Waals surface area contributed by atoms with Gasteiger partial charge in [-0.15, -0.1) is 0 Å². The summed E-state index contributed by atoms with van der Waals surface area (Å²) in [5.41, 5.74) is -0.776. The molecular weight excluding hydrogens is 202 g/mol. The van der Waals surface area contributed by atoms with E-state index in [-0.39, 0.29) is 5.91 Å². The minimum absolute atomic E-state index is 0.0719. The molecule has 0 atom stereocenters. The largest absolute Gasteiger partial charge is 0.478 e. The number of carbonyl (C=O) groups is 1. The lowest BCUT2D eigenvalue weighted by atomic mass is 10.0. The summed E-state index contributed by atoms with van der Waals surface area (Å²) in [5.74, 6) is 0.809. The molecule has 0 spiro atoms. The molecule has 3 heteroatoms. The summed E-state index contributed by atoms with van der Waals surface area (Å²) in [6.07, 6.45) is 1.10. The van der Waals surface area contributed by atoms with Crippen molar-refractivity contribution in [3.63, 3.8) is 0 Å². The lowest BCUT2D eigenvalue weighted by molar-refractivity contribution is -0.149. The summed E-state index contributed by atoms with van der Waals surface area (Å²) in [7, 11) is 0. The number of nitrogens with zero attached hydrogens (tertiary/aromatic N) is 1. The maximum Gasteiger partial charge on any atom is 0.266 e. The van der Waals surface area contributed by atoms with Crippen molar-refractivity contribution in [1.29, 1.82) is 0 Å². The van der Waals surface area contributed by atoms with E-state index in [2.05, 4.69) is 0 Å². The van der Waals surface area contributed by atoms with Crippen LogP contribution in [0.1, 0.15) is 20.3 Å². The van der Waals surface area contributed by atoms with E-state index in [1.807, 2.05) is 49.1 Å². The zero-order valence-electron chi connectivity index (χ0n) is 9.77. The fourth-order valence-electron chi connectivity index (χ4n) is 1.73. The molecule has 1 fully saturated rings. The Morgan fingerprint density at radius 3 is 2.38 bits per heavy atom. The zero-order chi connectivity index (χ0) is 11.6. The molecular formula is C13H17NO2. The number of para-hydroxylation sites is 1. The average molecular weight is 219 g/mol. The van der Waals surface area contributed by atoms with Crippen LogP contribution in [-0.2, 0) is 4.79 Å². The van der Waals surface area contributed by atoms with Crippen molar-refractivity contribution < 1.29 is 9.53 Å². The molecule has 0 aliphatic carbocycles. The molecule has 1 saturated heterocycles. The highest BCUT2D eigenvalue weighted by molar-refractivity contribution is 5.85. The number of ether oxygens (including phenoxy) is 1. The Morgan fingerprint density at radius 2 is 1.88 bits per heavy atom. The van der Waals surface area contributed by atoms with Crippen molar-refractivity contribution in [2.75, 3.05) is 13.1 Å². The fourth-order valence-corrected chi connectivity index (χ4v) is 1.73. The zero-order valence-corrected chi connectivity index (χ0v) is 9.77. The molecule has 1 aliphatic heterocycles. The summed E-state index contributed by atoms with van der Waals surface area (Å²) in [6, 6.07) is 9.46. The van der Waals surface area contributed by atoms with Crippen molar-refractivity contribution in [3.05, 3.63) is 30.3 Å². The van der Waals surface area contributed by atoms with Gasteiger partial charge in [-0.05, 0) is 32.4 Å². The Hall–Kier alpha value is -1.51. The van der Waals surface area contributed by atoms with Gasteiger partial charge in [0, 0.05) is 13.1 Å².